The van der Waals surface area contributed by atoms with Crippen LogP contribution in [0.25, 0.3) is 10.8 Å². The second-order valence-corrected chi connectivity index (χ2v) is 6.39. The number of hydrogen-bond acceptors (Lipinski definition) is 2. The van der Waals surface area contributed by atoms with Crippen molar-refractivity contribution in [1.82, 2.24) is 4.98 Å². The van der Waals surface area contributed by atoms with E-state index in [1.165, 1.54) is 17.2 Å². The summed E-state index contributed by atoms with van der Waals surface area (Å²) in [5, 5.41) is 2.45. The Morgan fingerprint density at radius 1 is 1.26 bits per heavy atom. The summed E-state index contributed by atoms with van der Waals surface area (Å²) < 4.78 is 0. The number of alkyl halides is 1. The molecule has 1 aromatic carbocycles. The van der Waals surface area contributed by atoms with Crippen LogP contribution in [0.2, 0.25) is 0 Å². The maximum absolute atomic E-state index is 6.01. The summed E-state index contributed by atoms with van der Waals surface area (Å²) in [6.07, 6.45) is 3.15. The highest BCUT2D eigenvalue weighted by Gasteiger charge is 2.30. The molecule has 1 aliphatic rings. The van der Waals surface area contributed by atoms with Crippen LogP contribution in [-0.4, -0.2) is 18.1 Å². The molecule has 0 atom stereocenters. The van der Waals surface area contributed by atoms with Crippen molar-refractivity contribution in [3.63, 3.8) is 0 Å². The first kappa shape index (κ1) is 12.7. The van der Waals surface area contributed by atoms with Gasteiger partial charge in [-0.2, -0.15) is 0 Å². The minimum Gasteiger partial charge on any atom is -0.356 e. The van der Waals surface area contributed by atoms with Crippen LogP contribution in [0.3, 0.4) is 0 Å². The van der Waals surface area contributed by atoms with Gasteiger partial charge >= 0.3 is 0 Å². The second-order valence-electron chi connectivity index (χ2n) is 6.12. The van der Waals surface area contributed by atoms with Crippen molar-refractivity contribution in [3.8, 4) is 0 Å². The van der Waals surface area contributed by atoms with Crippen molar-refractivity contribution in [2.24, 2.45) is 5.41 Å². The lowest BCUT2D eigenvalue weighted by Gasteiger charge is -2.22. The number of fused-ring (bicyclic) bond motifs is 1. The van der Waals surface area contributed by atoms with Crippen molar-refractivity contribution in [2.45, 2.75) is 26.1 Å². The maximum atomic E-state index is 6.01. The molecule has 0 N–H and O–H groups in total. The molecule has 2 nitrogen and oxygen atoms in total. The van der Waals surface area contributed by atoms with E-state index < -0.39 is 0 Å². The molecule has 19 heavy (non-hydrogen) atoms. The zero-order valence-corrected chi connectivity index (χ0v) is 12.2. The lowest BCUT2D eigenvalue weighted by atomic mass is 9.93. The van der Waals surface area contributed by atoms with Crippen LogP contribution in [0.1, 0.15) is 25.8 Å². The molecule has 0 bridgehead atoms. The highest BCUT2D eigenvalue weighted by Crippen LogP contribution is 2.35. The van der Waals surface area contributed by atoms with E-state index in [2.05, 4.69) is 48.0 Å². The molecule has 100 valence electrons. The normalized spacial score (nSPS) is 18.2. The number of pyridine rings is 1. The highest BCUT2D eigenvalue weighted by molar-refractivity contribution is 6.18. The molecule has 2 heterocycles. The van der Waals surface area contributed by atoms with Gasteiger partial charge < -0.3 is 4.90 Å². The fourth-order valence-corrected chi connectivity index (χ4v) is 3.10. The number of hydrogen-bond donors (Lipinski definition) is 0. The zero-order chi connectivity index (χ0) is 13.5. The van der Waals surface area contributed by atoms with Crippen molar-refractivity contribution in [2.75, 3.05) is 18.0 Å². The van der Waals surface area contributed by atoms with E-state index in [9.17, 15) is 0 Å². The first-order chi connectivity index (χ1) is 9.11. The SMILES string of the molecule is CC1(C)CCN(c2ncc(CCl)c3ccccc23)C1. The van der Waals surface area contributed by atoms with Crippen molar-refractivity contribution in [3.05, 3.63) is 36.0 Å². The summed E-state index contributed by atoms with van der Waals surface area (Å²) in [5.74, 6) is 1.62. The van der Waals surface area contributed by atoms with Gasteiger partial charge in [0, 0.05) is 30.6 Å². The van der Waals surface area contributed by atoms with Gasteiger partial charge in [-0.1, -0.05) is 38.1 Å². The highest BCUT2D eigenvalue weighted by atomic mass is 35.5. The van der Waals surface area contributed by atoms with E-state index in [0.29, 0.717) is 11.3 Å². The summed E-state index contributed by atoms with van der Waals surface area (Å²) in [7, 11) is 0. The Morgan fingerprint density at radius 3 is 2.63 bits per heavy atom. The number of halogens is 1. The number of benzene rings is 1. The Bertz CT molecular complexity index is 607. The lowest BCUT2D eigenvalue weighted by molar-refractivity contribution is 0.418. The Hall–Kier alpha value is -1.28. The van der Waals surface area contributed by atoms with Crippen molar-refractivity contribution >= 4 is 28.2 Å². The fraction of sp³-hybridized carbons (Fsp3) is 0.438. The third-order valence-corrected chi connectivity index (χ3v) is 4.27. The minimum absolute atomic E-state index is 0.383. The molecule has 0 unspecified atom stereocenters. The molecule has 0 radical (unpaired) electrons. The zero-order valence-electron chi connectivity index (χ0n) is 11.5. The number of aromatic nitrogens is 1. The first-order valence-electron chi connectivity index (χ1n) is 6.78. The van der Waals surface area contributed by atoms with Gasteiger partial charge in [-0.25, -0.2) is 4.98 Å². The van der Waals surface area contributed by atoms with Crippen molar-refractivity contribution < 1.29 is 0 Å². The summed E-state index contributed by atoms with van der Waals surface area (Å²) in [6, 6.07) is 8.43. The molecule has 0 saturated carbocycles. The summed E-state index contributed by atoms with van der Waals surface area (Å²) in [4.78, 5) is 7.07. The topological polar surface area (TPSA) is 16.1 Å². The number of anilines is 1. The molecule has 0 spiro atoms. The molecule has 1 saturated heterocycles. The quantitative estimate of drug-likeness (QED) is 0.763. The monoisotopic (exact) mass is 274 g/mol. The van der Waals surface area contributed by atoms with Gasteiger partial charge in [-0.3, -0.25) is 0 Å². The number of nitrogens with zero attached hydrogens (tertiary/aromatic N) is 2. The largest absolute Gasteiger partial charge is 0.356 e. The number of rotatable bonds is 2. The molecular weight excluding hydrogens is 256 g/mol. The molecular formula is C16H19ClN2. The molecule has 2 aromatic rings. The maximum Gasteiger partial charge on any atom is 0.136 e. The van der Waals surface area contributed by atoms with Crippen LogP contribution in [0.4, 0.5) is 5.82 Å². The predicted molar refractivity (Wildman–Crippen MR) is 81.9 cm³/mol. The van der Waals surface area contributed by atoms with Crippen LogP contribution in [0.15, 0.2) is 30.5 Å². The van der Waals surface area contributed by atoms with Crippen LogP contribution in [-0.2, 0) is 5.88 Å². The Kier molecular flexibility index (Phi) is 3.14. The third kappa shape index (κ3) is 2.30. The molecule has 0 amide bonds. The standard InChI is InChI=1S/C16H19ClN2/c1-16(2)7-8-19(11-16)15-14-6-4-3-5-13(14)12(9-17)10-18-15/h3-6,10H,7-9,11H2,1-2H3. The first-order valence-corrected chi connectivity index (χ1v) is 7.32. The molecule has 1 aromatic heterocycles. The van der Waals surface area contributed by atoms with Crippen LogP contribution >= 0.6 is 11.6 Å². The van der Waals surface area contributed by atoms with E-state index in [-0.39, 0.29) is 0 Å². The van der Waals surface area contributed by atoms with Gasteiger partial charge in [0.1, 0.15) is 5.82 Å². The fourth-order valence-electron chi connectivity index (χ4n) is 2.89. The molecule has 1 fully saturated rings. The third-order valence-electron chi connectivity index (χ3n) is 3.98. The Balaban J connectivity index is 2.10. The van der Waals surface area contributed by atoms with Gasteiger partial charge in [-0.15, -0.1) is 11.6 Å². The van der Waals surface area contributed by atoms with Gasteiger partial charge in [0.05, 0.1) is 0 Å². The van der Waals surface area contributed by atoms with Crippen LogP contribution < -0.4 is 4.90 Å². The average molecular weight is 275 g/mol. The lowest BCUT2D eigenvalue weighted by Crippen LogP contribution is -2.23. The van der Waals surface area contributed by atoms with Crippen LogP contribution in [0.5, 0.6) is 0 Å². The molecule has 1 aliphatic heterocycles. The predicted octanol–water partition coefficient (Wildman–Crippen LogP) is 4.21. The van der Waals surface area contributed by atoms with Gasteiger partial charge in [0.2, 0.25) is 0 Å². The van der Waals surface area contributed by atoms with E-state index in [0.717, 1.165) is 24.5 Å². The van der Waals surface area contributed by atoms with Gasteiger partial charge in [-0.05, 0) is 22.8 Å². The van der Waals surface area contributed by atoms with Crippen LogP contribution in [0, 0.1) is 5.41 Å². The second kappa shape index (κ2) is 4.68. The van der Waals surface area contributed by atoms with E-state index in [4.69, 9.17) is 11.6 Å². The summed E-state index contributed by atoms with van der Waals surface area (Å²) in [6.45, 7) is 6.80. The van der Waals surface area contributed by atoms with Gasteiger partial charge in [0.25, 0.3) is 0 Å². The van der Waals surface area contributed by atoms with E-state index in [1.54, 1.807) is 0 Å². The summed E-state index contributed by atoms with van der Waals surface area (Å²) >= 11 is 6.01. The molecule has 0 aliphatic carbocycles. The average Bonchev–Trinajstić information content (AvgIpc) is 2.77. The molecule has 3 heteroatoms. The molecule has 3 rings (SSSR count). The van der Waals surface area contributed by atoms with E-state index in [1.807, 2.05) is 6.20 Å². The van der Waals surface area contributed by atoms with Crippen molar-refractivity contribution in [1.29, 1.82) is 0 Å². The Morgan fingerprint density at radius 2 is 2.00 bits per heavy atom. The Labute approximate surface area is 119 Å². The van der Waals surface area contributed by atoms with Gasteiger partial charge in [0.15, 0.2) is 0 Å². The summed E-state index contributed by atoms with van der Waals surface area (Å²) in [5.41, 5.74) is 1.49. The minimum atomic E-state index is 0.383. The smallest absolute Gasteiger partial charge is 0.136 e. The van der Waals surface area contributed by atoms with E-state index >= 15 is 0 Å².